The number of aryl methyl sites for hydroxylation is 2. The first-order chi connectivity index (χ1) is 16.8. The summed E-state index contributed by atoms with van der Waals surface area (Å²) >= 11 is 2.27. The van der Waals surface area contributed by atoms with E-state index in [0.717, 1.165) is 36.9 Å². The molecule has 5 rings (SSSR count). The normalized spacial score (nSPS) is 12.9. The molecule has 0 aliphatic heterocycles. The molecule has 0 radical (unpaired) electrons. The predicted octanol–water partition coefficient (Wildman–Crippen LogP) is 4.17. The third-order valence-electron chi connectivity index (χ3n) is 6.40. The van der Waals surface area contributed by atoms with Crippen LogP contribution in [0.2, 0.25) is 0 Å². The van der Waals surface area contributed by atoms with E-state index in [0.29, 0.717) is 11.2 Å². The summed E-state index contributed by atoms with van der Waals surface area (Å²) in [6, 6.07) is 19.3. The first kappa shape index (κ1) is 23.0. The molecule has 0 saturated carbocycles. The minimum absolute atomic E-state index is 0.128. The van der Waals surface area contributed by atoms with Crippen LogP contribution in [0, 0.1) is 15.9 Å². The van der Waals surface area contributed by atoms with Gasteiger partial charge in [0.1, 0.15) is 5.54 Å². The Bertz CT molecular complexity index is 1680. The zero-order valence-electron chi connectivity index (χ0n) is 19.2. The van der Waals surface area contributed by atoms with Crippen molar-refractivity contribution in [1.82, 2.24) is 19.1 Å². The number of hydrogen-bond donors (Lipinski definition) is 1. The molecule has 3 aromatic heterocycles. The summed E-state index contributed by atoms with van der Waals surface area (Å²) < 4.78 is 4.60. The molecule has 2 aromatic carbocycles. The monoisotopic (exact) mass is 571 g/mol. The van der Waals surface area contributed by atoms with Crippen LogP contribution in [0.4, 0.5) is 0 Å². The number of nitrogens with two attached hydrogens (primary N) is 1. The van der Waals surface area contributed by atoms with Crippen LogP contribution < -0.4 is 11.3 Å². The molecule has 0 bridgehead atoms. The fourth-order valence-corrected chi connectivity index (χ4v) is 4.82. The lowest BCUT2D eigenvalue weighted by Crippen LogP contribution is -2.41. The lowest BCUT2D eigenvalue weighted by Gasteiger charge is -2.30. The number of fused-ring (bicyclic) bond motifs is 1. The highest BCUT2D eigenvalue weighted by Crippen LogP contribution is 2.36. The van der Waals surface area contributed by atoms with Crippen molar-refractivity contribution in [1.29, 1.82) is 0 Å². The maximum absolute atomic E-state index is 12.8. The first-order valence-electron chi connectivity index (χ1n) is 10.9. The summed E-state index contributed by atoms with van der Waals surface area (Å²) in [5.74, 6) is 2.67. The van der Waals surface area contributed by atoms with Gasteiger partial charge in [-0.1, -0.05) is 30.2 Å². The van der Waals surface area contributed by atoms with E-state index in [4.69, 9.17) is 17.1 Å². The summed E-state index contributed by atoms with van der Waals surface area (Å²) in [7, 11) is 3.65. The van der Waals surface area contributed by atoms with Gasteiger partial charge in [-0.3, -0.25) is 9.78 Å². The number of pyridine rings is 2. The largest absolute Gasteiger partial charge is 0.335 e. The van der Waals surface area contributed by atoms with Gasteiger partial charge in [-0.05, 0) is 69.6 Å². The number of hydrogen-bond acceptors (Lipinski definition) is 4. The van der Waals surface area contributed by atoms with E-state index in [9.17, 15) is 4.79 Å². The molecular weight excluding hydrogens is 549 g/mol. The zero-order valence-corrected chi connectivity index (χ0v) is 21.4. The fourth-order valence-electron chi connectivity index (χ4n) is 4.46. The van der Waals surface area contributed by atoms with Gasteiger partial charge < -0.3 is 14.9 Å². The second-order valence-electron chi connectivity index (χ2n) is 8.47. The lowest BCUT2D eigenvalue weighted by molar-refractivity contribution is 0.579. The third-order valence-corrected chi connectivity index (χ3v) is 7.12. The smallest absolute Gasteiger partial charge is 0.251 e. The molecule has 7 heteroatoms. The van der Waals surface area contributed by atoms with Crippen molar-refractivity contribution in [3.8, 4) is 23.5 Å². The molecule has 0 aliphatic rings. The van der Waals surface area contributed by atoms with Crippen molar-refractivity contribution in [3.63, 3.8) is 0 Å². The average molecular weight is 571 g/mol. The van der Waals surface area contributed by atoms with E-state index in [1.54, 1.807) is 36.4 Å². The standard InChI is InChI=1S/C28H22IN5O/c1-4-18-6-5-7-19(12-18)22-14-27(35)34(3)24-15-32-25(13-23(22)24)28(30,26-16-31-17-33(26)2)20-8-10-21(29)11-9-20/h1,5-17H,30H2,2-3H3/t28-/m1/s1. The van der Waals surface area contributed by atoms with Crippen LogP contribution in [-0.2, 0) is 19.6 Å². The minimum atomic E-state index is -1.07. The lowest BCUT2D eigenvalue weighted by atomic mass is 9.83. The molecule has 0 amide bonds. The number of aromatic nitrogens is 4. The Balaban J connectivity index is 1.84. The Labute approximate surface area is 216 Å². The maximum Gasteiger partial charge on any atom is 0.251 e. The maximum atomic E-state index is 12.8. The van der Waals surface area contributed by atoms with Gasteiger partial charge in [0.2, 0.25) is 0 Å². The quantitative estimate of drug-likeness (QED) is 0.260. The van der Waals surface area contributed by atoms with Crippen molar-refractivity contribution in [2.75, 3.05) is 0 Å². The van der Waals surface area contributed by atoms with Crippen LogP contribution in [0.5, 0.6) is 0 Å². The SMILES string of the molecule is C#Cc1cccc(-c2cc(=O)n(C)c3cnc([C@](N)(c4ccc(I)cc4)c4cncn4C)cc23)c1. The van der Waals surface area contributed by atoms with E-state index in [-0.39, 0.29) is 5.56 Å². The highest BCUT2D eigenvalue weighted by molar-refractivity contribution is 14.1. The molecule has 0 fully saturated rings. The van der Waals surface area contributed by atoms with Gasteiger partial charge in [0.15, 0.2) is 0 Å². The van der Waals surface area contributed by atoms with Crippen molar-refractivity contribution >= 4 is 33.5 Å². The van der Waals surface area contributed by atoms with Crippen molar-refractivity contribution in [2.45, 2.75) is 5.54 Å². The first-order valence-corrected chi connectivity index (χ1v) is 12.0. The molecule has 172 valence electrons. The van der Waals surface area contributed by atoms with Crippen molar-refractivity contribution in [2.24, 2.45) is 19.8 Å². The molecule has 0 unspecified atom stereocenters. The molecule has 0 aliphatic carbocycles. The number of benzene rings is 2. The van der Waals surface area contributed by atoms with Gasteiger partial charge in [-0.2, -0.15) is 0 Å². The number of imidazole rings is 1. The Morgan fingerprint density at radius 2 is 1.83 bits per heavy atom. The fraction of sp³-hybridized carbons (Fsp3) is 0.107. The van der Waals surface area contributed by atoms with Gasteiger partial charge in [-0.15, -0.1) is 6.42 Å². The summed E-state index contributed by atoms with van der Waals surface area (Å²) in [6.45, 7) is 0. The zero-order chi connectivity index (χ0) is 24.7. The summed E-state index contributed by atoms with van der Waals surface area (Å²) in [5.41, 5.74) is 11.4. The Hall–Kier alpha value is -3.74. The molecular formula is C28H22IN5O. The Morgan fingerprint density at radius 3 is 2.51 bits per heavy atom. The predicted molar refractivity (Wildman–Crippen MR) is 147 cm³/mol. The van der Waals surface area contributed by atoms with Gasteiger partial charge >= 0.3 is 0 Å². The Morgan fingerprint density at radius 1 is 1.06 bits per heavy atom. The summed E-state index contributed by atoms with van der Waals surface area (Å²) in [4.78, 5) is 21.9. The number of rotatable bonds is 4. The van der Waals surface area contributed by atoms with Gasteiger partial charge in [0, 0.05) is 34.7 Å². The third kappa shape index (κ3) is 3.85. The Kier molecular flexibility index (Phi) is 5.79. The second-order valence-corrected chi connectivity index (χ2v) is 9.72. The molecule has 1 atom stereocenters. The molecule has 3 heterocycles. The van der Waals surface area contributed by atoms with E-state index in [2.05, 4.69) is 33.5 Å². The highest BCUT2D eigenvalue weighted by atomic mass is 127. The molecule has 6 nitrogen and oxygen atoms in total. The summed E-state index contributed by atoms with van der Waals surface area (Å²) in [6.07, 6.45) is 10.8. The topological polar surface area (TPSA) is 78.7 Å². The van der Waals surface area contributed by atoms with Crippen LogP contribution in [-0.4, -0.2) is 19.1 Å². The second kappa shape index (κ2) is 8.80. The average Bonchev–Trinajstić information content (AvgIpc) is 3.32. The number of nitrogens with zero attached hydrogens (tertiary/aromatic N) is 4. The molecule has 2 N–H and O–H groups in total. The molecule has 0 saturated heterocycles. The van der Waals surface area contributed by atoms with Crippen molar-refractivity contribution in [3.05, 3.63) is 116 Å². The van der Waals surface area contributed by atoms with Crippen LogP contribution >= 0.6 is 22.6 Å². The molecule has 35 heavy (non-hydrogen) atoms. The number of terminal acetylenes is 1. The van der Waals surface area contributed by atoms with Crippen LogP contribution in [0.1, 0.15) is 22.5 Å². The molecule has 0 spiro atoms. The van der Waals surface area contributed by atoms with Crippen LogP contribution in [0.3, 0.4) is 0 Å². The number of halogens is 1. The van der Waals surface area contributed by atoms with Gasteiger partial charge in [0.25, 0.3) is 5.56 Å². The van der Waals surface area contributed by atoms with E-state index >= 15 is 0 Å². The summed E-state index contributed by atoms with van der Waals surface area (Å²) in [5, 5.41) is 0.855. The minimum Gasteiger partial charge on any atom is -0.335 e. The van der Waals surface area contributed by atoms with Crippen LogP contribution in [0.25, 0.3) is 22.0 Å². The highest BCUT2D eigenvalue weighted by Gasteiger charge is 2.36. The van der Waals surface area contributed by atoms with Crippen LogP contribution in [0.15, 0.2) is 84.2 Å². The van der Waals surface area contributed by atoms with E-state index in [1.807, 2.05) is 66.2 Å². The van der Waals surface area contributed by atoms with Gasteiger partial charge in [0.05, 0.1) is 35.6 Å². The van der Waals surface area contributed by atoms with E-state index < -0.39 is 5.54 Å². The van der Waals surface area contributed by atoms with Gasteiger partial charge in [-0.25, -0.2) is 4.98 Å². The van der Waals surface area contributed by atoms with E-state index in [1.165, 1.54) is 0 Å². The van der Waals surface area contributed by atoms with Crippen molar-refractivity contribution < 1.29 is 0 Å². The molecule has 5 aromatic rings.